The molecule has 0 fully saturated rings. The zero-order valence-corrected chi connectivity index (χ0v) is 15.6. The molecule has 134 valence electrons. The third-order valence-corrected chi connectivity index (χ3v) is 4.37. The Morgan fingerprint density at radius 1 is 1.12 bits per heavy atom. The molecule has 0 bridgehead atoms. The maximum Gasteiger partial charge on any atom is 0.253 e. The van der Waals surface area contributed by atoms with Gasteiger partial charge >= 0.3 is 0 Å². The lowest BCUT2D eigenvalue weighted by Crippen LogP contribution is -2.31. The number of pyridine rings is 1. The van der Waals surface area contributed by atoms with Crippen molar-refractivity contribution >= 4 is 22.7 Å². The van der Waals surface area contributed by atoms with E-state index in [0.29, 0.717) is 30.6 Å². The summed E-state index contributed by atoms with van der Waals surface area (Å²) in [6, 6.07) is 7.90. The van der Waals surface area contributed by atoms with Crippen molar-refractivity contribution in [1.82, 2.24) is 15.2 Å². The van der Waals surface area contributed by atoms with Crippen molar-refractivity contribution in [3.63, 3.8) is 0 Å². The number of rotatable bonds is 7. The van der Waals surface area contributed by atoms with Gasteiger partial charge in [0.05, 0.1) is 16.8 Å². The molecule has 0 spiro atoms. The highest BCUT2D eigenvalue weighted by Crippen LogP contribution is 2.18. The highest BCUT2D eigenvalue weighted by Gasteiger charge is 2.13. The van der Waals surface area contributed by atoms with Gasteiger partial charge in [-0.15, -0.1) is 0 Å². The van der Waals surface area contributed by atoms with Gasteiger partial charge in [-0.1, -0.05) is 11.6 Å². The maximum atomic E-state index is 12.4. The maximum absolute atomic E-state index is 12.4. The molecule has 5 heteroatoms. The predicted octanol–water partition coefficient (Wildman–Crippen LogP) is 3.23. The molecular weight excluding hydrogens is 314 g/mol. The van der Waals surface area contributed by atoms with Crippen LogP contribution in [0.15, 0.2) is 24.3 Å². The fourth-order valence-electron chi connectivity index (χ4n) is 2.89. The first-order valence-corrected chi connectivity index (χ1v) is 8.90. The highest BCUT2D eigenvalue weighted by molar-refractivity contribution is 5.98. The summed E-state index contributed by atoms with van der Waals surface area (Å²) in [5.74, 6) is 0.00182. The average Bonchev–Trinajstić information content (AvgIpc) is 2.59. The Kier molecular flexibility index (Phi) is 6.51. The van der Waals surface area contributed by atoms with E-state index in [0.717, 1.165) is 29.6 Å². The highest BCUT2D eigenvalue weighted by atomic mass is 16.2. The Balaban J connectivity index is 1.96. The van der Waals surface area contributed by atoms with Crippen LogP contribution in [0, 0.1) is 13.8 Å². The number of aromatic nitrogens is 1. The molecule has 0 saturated heterocycles. The molecule has 0 aliphatic heterocycles. The van der Waals surface area contributed by atoms with Gasteiger partial charge < -0.3 is 10.2 Å². The molecule has 1 N–H and O–H groups in total. The first-order valence-electron chi connectivity index (χ1n) is 8.90. The minimum atomic E-state index is -0.135. The summed E-state index contributed by atoms with van der Waals surface area (Å²) < 4.78 is 0. The lowest BCUT2D eigenvalue weighted by Gasteiger charge is -2.18. The first kappa shape index (κ1) is 18.9. The fourth-order valence-corrected chi connectivity index (χ4v) is 2.89. The van der Waals surface area contributed by atoms with Crippen molar-refractivity contribution in [2.45, 2.75) is 40.5 Å². The number of nitrogens with zero attached hydrogens (tertiary/aromatic N) is 2. The van der Waals surface area contributed by atoms with Gasteiger partial charge in [-0.05, 0) is 52.3 Å². The fraction of sp³-hybridized carbons (Fsp3) is 0.450. The normalized spacial score (nSPS) is 10.7. The molecule has 25 heavy (non-hydrogen) atoms. The summed E-state index contributed by atoms with van der Waals surface area (Å²) in [7, 11) is 0. The molecule has 0 radical (unpaired) electrons. The molecule has 1 aromatic carbocycles. The van der Waals surface area contributed by atoms with Gasteiger partial charge in [0.25, 0.3) is 5.91 Å². The number of benzene rings is 1. The number of aryl methyl sites for hydroxylation is 2. The van der Waals surface area contributed by atoms with Crippen LogP contribution in [0.1, 0.15) is 48.3 Å². The van der Waals surface area contributed by atoms with E-state index in [1.807, 2.05) is 56.9 Å². The molecule has 0 aliphatic rings. The SMILES string of the molecule is CCN(CC)C(=O)CCCNC(=O)c1cc2cc(C)ccc2nc1C. The minimum absolute atomic E-state index is 0.135. The summed E-state index contributed by atoms with van der Waals surface area (Å²) in [6.45, 7) is 9.74. The number of carbonyl (C=O) groups excluding carboxylic acids is 2. The summed E-state index contributed by atoms with van der Waals surface area (Å²) in [4.78, 5) is 30.7. The Bertz CT molecular complexity index is 767. The van der Waals surface area contributed by atoms with Gasteiger partial charge in [0, 0.05) is 31.4 Å². The Morgan fingerprint density at radius 3 is 2.52 bits per heavy atom. The van der Waals surface area contributed by atoms with Gasteiger partial charge in [-0.25, -0.2) is 0 Å². The van der Waals surface area contributed by atoms with E-state index in [1.54, 1.807) is 0 Å². The lowest BCUT2D eigenvalue weighted by atomic mass is 10.1. The second-order valence-corrected chi connectivity index (χ2v) is 6.24. The monoisotopic (exact) mass is 341 g/mol. The van der Waals surface area contributed by atoms with E-state index < -0.39 is 0 Å². The Hall–Kier alpha value is -2.43. The molecule has 1 aromatic heterocycles. The van der Waals surface area contributed by atoms with E-state index in [1.165, 1.54) is 0 Å². The largest absolute Gasteiger partial charge is 0.352 e. The summed E-state index contributed by atoms with van der Waals surface area (Å²) in [6.07, 6.45) is 1.09. The molecule has 5 nitrogen and oxygen atoms in total. The van der Waals surface area contributed by atoms with Crippen LogP contribution in [0.4, 0.5) is 0 Å². The van der Waals surface area contributed by atoms with Crippen molar-refractivity contribution < 1.29 is 9.59 Å². The van der Waals surface area contributed by atoms with Gasteiger partial charge in [0.2, 0.25) is 5.91 Å². The molecule has 0 aliphatic carbocycles. The standard InChI is InChI=1S/C20H27N3O2/c1-5-23(6-2)19(24)8-7-11-21-20(25)17-13-16-12-14(3)9-10-18(16)22-15(17)4/h9-10,12-13H,5-8,11H2,1-4H3,(H,21,25). The van der Waals surface area contributed by atoms with E-state index in [9.17, 15) is 9.59 Å². The topological polar surface area (TPSA) is 62.3 Å². The summed E-state index contributed by atoms with van der Waals surface area (Å²) >= 11 is 0. The van der Waals surface area contributed by atoms with Crippen LogP contribution in [-0.2, 0) is 4.79 Å². The van der Waals surface area contributed by atoms with E-state index >= 15 is 0 Å². The lowest BCUT2D eigenvalue weighted by molar-refractivity contribution is -0.130. The molecule has 2 aromatic rings. The van der Waals surface area contributed by atoms with Crippen LogP contribution in [0.2, 0.25) is 0 Å². The first-order chi connectivity index (χ1) is 12.0. The molecule has 2 rings (SSSR count). The van der Waals surface area contributed by atoms with Gasteiger partial charge in [0.1, 0.15) is 0 Å². The van der Waals surface area contributed by atoms with Crippen LogP contribution in [-0.4, -0.2) is 41.3 Å². The third-order valence-electron chi connectivity index (χ3n) is 4.37. The molecule has 0 unspecified atom stereocenters. The van der Waals surface area contributed by atoms with Crippen LogP contribution >= 0.6 is 0 Å². The van der Waals surface area contributed by atoms with Gasteiger partial charge in [0.15, 0.2) is 0 Å². The quantitative estimate of drug-likeness (QED) is 0.787. The van der Waals surface area contributed by atoms with Crippen molar-refractivity contribution in [1.29, 1.82) is 0 Å². The van der Waals surface area contributed by atoms with Gasteiger partial charge in [-0.2, -0.15) is 0 Å². The zero-order valence-electron chi connectivity index (χ0n) is 15.6. The molecular formula is C20H27N3O2. The number of amides is 2. The second kappa shape index (κ2) is 8.60. The van der Waals surface area contributed by atoms with Crippen molar-refractivity contribution in [2.75, 3.05) is 19.6 Å². The van der Waals surface area contributed by atoms with Crippen LogP contribution in [0.3, 0.4) is 0 Å². The van der Waals surface area contributed by atoms with E-state index in [2.05, 4.69) is 10.3 Å². The predicted molar refractivity (Wildman–Crippen MR) is 101 cm³/mol. The summed E-state index contributed by atoms with van der Waals surface area (Å²) in [5, 5.41) is 3.86. The Labute approximate surface area is 149 Å². The summed E-state index contributed by atoms with van der Waals surface area (Å²) in [5.41, 5.74) is 3.34. The Morgan fingerprint density at radius 2 is 1.84 bits per heavy atom. The number of carbonyl (C=O) groups is 2. The average molecular weight is 341 g/mol. The van der Waals surface area contributed by atoms with Crippen molar-refractivity contribution in [2.24, 2.45) is 0 Å². The smallest absolute Gasteiger partial charge is 0.253 e. The van der Waals surface area contributed by atoms with Crippen molar-refractivity contribution in [3.8, 4) is 0 Å². The third kappa shape index (κ3) is 4.78. The molecule has 2 amide bonds. The number of fused-ring (bicyclic) bond motifs is 1. The van der Waals surface area contributed by atoms with Crippen LogP contribution in [0.25, 0.3) is 10.9 Å². The van der Waals surface area contributed by atoms with E-state index in [4.69, 9.17) is 0 Å². The minimum Gasteiger partial charge on any atom is -0.352 e. The van der Waals surface area contributed by atoms with Crippen LogP contribution < -0.4 is 5.32 Å². The molecule has 0 saturated carbocycles. The van der Waals surface area contributed by atoms with Crippen molar-refractivity contribution in [3.05, 3.63) is 41.1 Å². The van der Waals surface area contributed by atoms with Crippen LogP contribution in [0.5, 0.6) is 0 Å². The number of hydrogen-bond acceptors (Lipinski definition) is 3. The number of hydrogen-bond donors (Lipinski definition) is 1. The van der Waals surface area contributed by atoms with Gasteiger partial charge in [-0.3, -0.25) is 14.6 Å². The molecule has 1 heterocycles. The second-order valence-electron chi connectivity index (χ2n) is 6.24. The van der Waals surface area contributed by atoms with E-state index in [-0.39, 0.29) is 11.8 Å². The molecule has 0 atom stereocenters. The zero-order chi connectivity index (χ0) is 18.4. The number of nitrogens with one attached hydrogen (secondary N) is 1.